The number of anilines is 3. The molecule has 0 bridgehead atoms. The molecule has 5 rings (SSSR count). The fraction of sp³-hybridized carbons (Fsp3) is 0.345. The molecular formula is C29H34N8O4. The number of likely N-dealkylation sites (N-methyl/N-ethyl adjacent to an activating group) is 2. The maximum atomic E-state index is 12.2. The van der Waals surface area contributed by atoms with Crippen molar-refractivity contribution in [3.05, 3.63) is 64.5 Å². The standard InChI is InChI=1S/C29H34N8O4/c1-33(2)14-15-34(3)23-17-26(41-5)21(16-24(23)37(39)40)32-29-30-12-10-20(31-29)28-19-8-6-7-9-22(19)35(4)25(28)18-36-13-11-27(36)38/h6-10,12,16-17H,11,13-15,18H2,1-5H3,(H,30,31,32). The second-order valence-electron chi connectivity index (χ2n) is 10.4. The maximum absolute atomic E-state index is 12.2. The van der Waals surface area contributed by atoms with Crippen molar-refractivity contribution in [1.29, 1.82) is 0 Å². The number of nitro groups is 1. The third-order valence-electron chi connectivity index (χ3n) is 7.46. The lowest BCUT2D eigenvalue weighted by Crippen LogP contribution is -2.42. The number of amides is 1. The highest BCUT2D eigenvalue weighted by molar-refractivity contribution is 5.97. The molecule has 0 aliphatic carbocycles. The first kappa shape index (κ1) is 27.8. The van der Waals surface area contributed by atoms with Crippen molar-refractivity contribution in [3.8, 4) is 17.0 Å². The van der Waals surface area contributed by atoms with E-state index in [1.54, 1.807) is 12.3 Å². The molecule has 0 unspecified atom stereocenters. The van der Waals surface area contributed by atoms with E-state index < -0.39 is 4.92 Å². The average Bonchev–Trinajstić information content (AvgIpc) is 3.24. The number of benzene rings is 2. The molecule has 2 aromatic carbocycles. The van der Waals surface area contributed by atoms with Crippen molar-refractivity contribution in [3.63, 3.8) is 0 Å². The number of nitro benzene ring substituents is 1. The molecule has 0 atom stereocenters. The number of hydrogen-bond acceptors (Lipinski definition) is 9. The van der Waals surface area contributed by atoms with Gasteiger partial charge in [0.2, 0.25) is 11.9 Å². The number of aromatic nitrogens is 3. The van der Waals surface area contributed by atoms with Crippen LogP contribution < -0.4 is 15.0 Å². The van der Waals surface area contributed by atoms with E-state index in [1.807, 2.05) is 73.2 Å². The number of aryl methyl sites for hydroxylation is 1. The van der Waals surface area contributed by atoms with Crippen molar-refractivity contribution in [2.45, 2.75) is 13.0 Å². The molecule has 41 heavy (non-hydrogen) atoms. The molecule has 12 nitrogen and oxygen atoms in total. The summed E-state index contributed by atoms with van der Waals surface area (Å²) in [6.45, 7) is 2.55. The average molecular weight is 559 g/mol. The largest absolute Gasteiger partial charge is 0.494 e. The first-order chi connectivity index (χ1) is 19.7. The van der Waals surface area contributed by atoms with Crippen LogP contribution in [-0.4, -0.2) is 83.1 Å². The van der Waals surface area contributed by atoms with Crippen LogP contribution in [0.3, 0.4) is 0 Å². The number of β-lactam (4-membered cyclic amide) rings is 1. The summed E-state index contributed by atoms with van der Waals surface area (Å²) < 4.78 is 7.72. The zero-order valence-corrected chi connectivity index (χ0v) is 23.9. The van der Waals surface area contributed by atoms with Crippen LogP contribution in [0.25, 0.3) is 22.2 Å². The van der Waals surface area contributed by atoms with E-state index in [0.717, 1.165) is 35.2 Å². The van der Waals surface area contributed by atoms with E-state index in [4.69, 9.17) is 9.72 Å². The van der Waals surface area contributed by atoms with E-state index in [0.29, 0.717) is 42.3 Å². The van der Waals surface area contributed by atoms with Crippen LogP contribution in [0.15, 0.2) is 48.7 Å². The van der Waals surface area contributed by atoms with Gasteiger partial charge in [0.05, 0.1) is 30.0 Å². The minimum Gasteiger partial charge on any atom is -0.494 e. The number of methoxy groups -OCH3 is 1. The van der Waals surface area contributed by atoms with Crippen LogP contribution >= 0.6 is 0 Å². The van der Waals surface area contributed by atoms with Gasteiger partial charge in [0.15, 0.2) is 0 Å². The molecule has 1 N–H and O–H groups in total. The first-order valence-corrected chi connectivity index (χ1v) is 13.3. The van der Waals surface area contributed by atoms with Gasteiger partial charge >= 0.3 is 0 Å². The van der Waals surface area contributed by atoms with E-state index >= 15 is 0 Å². The molecule has 0 radical (unpaired) electrons. The number of carbonyl (C=O) groups is 1. The predicted molar refractivity (Wildman–Crippen MR) is 159 cm³/mol. The van der Waals surface area contributed by atoms with Gasteiger partial charge in [-0.2, -0.15) is 0 Å². The quantitative estimate of drug-likeness (QED) is 0.165. The van der Waals surface area contributed by atoms with Crippen LogP contribution in [0.2, 0.25) is 0 Å². The summed E-state index contributed by atoms with van der Waals surface area (Å²) in [7, 11) is 9.24. The number of para-hydroxylation sites is 1. The van der Waals surface area contributed by atoms with Crippen molar-refractivity contribution in [2.75, 3.05) is 58.1 Å². The second-order valence-corrected chi connectivity index (χ2v) is 10.4. The van der Waals surface area contributed by atoms with Crippen molar-refractivity contribution in [1.82, 2.24) is 24.3 Å². The minimum absolute atomic E-state index is 0.0544. The van der Waals surface area contributed by atoms with Gasteiger partial charge in [-0.25, -0.2) is 9.97 Å². The third kappa shape index (κ3) is 5.50. The highest BCUT2D eigenvalue weighted by atomic mass is 16.6. The van der Waals surface area contributed by atoms with Gasteiger partial charge in [0.1, 0.15) is 11.4 Å². The van der Waals surface area contributed by atoms with Crippen LogP contribution in [-0.2, 0) is 18.4 Å². The molecule has 0 saturated carbocycles. The molecule has 2 aromatic heterocycles. The highest BCUT2D eigenvalue weighted by Crippen LogP contribution is 2.40. The summed E-state index contributed by atoms with van der Waals surface area (Å²) in [5.41, 5.74) is 4.38. The number of nitrogens with zero attached hydrogens (tertiary/aromatic N) is 7. The van der Waals surface area contributed by atoms with Crippen molar-refractivity contribution in [2.24, 2.45) is 7.05 Å². The fourth-order valence-corrected chi connectivity index (χ4v) is 5.05. The lowest BCUT2D eigenvalue weighted by atomic mass is 10.1. The number of ether oxygens (including phenoxy) is 1. The Balaban J connectivity index is 1.53. The first-order valence-electron chi connectivity index (χ1n) is 13.3. The number of nitrogens with one attached hydrogen (secondary N) is 1. The molecule has 0 spiro atoms. The summed E-state index contributed by atoms with van der Waals surface area (Å²) in [6, 6.07) is 13.0. The van der Waals surface area contributed by atoms with Gasteiger partial charge in [0.25, 0.3) is 5.69 Å². The number of carbonyl (C=O) groups excluding carboxylic acids is 1. The predicted octanol–water partition coefficient (Wildman–Crippen LogP) is 4.03. The lowest BCUT2D eigenvalue weighted by Gasteiger charge is -2.31. The highest BCUT2D eigenvalue weighted by Gasteiger charge is 2.28. The summed E-state index contributed by atoms with van der Waals surface area (Å²) in [5.74, 6) is 0.830. The van der Waals surface area contributed by atoms with Gasteiger partial charge < -0.3 is 29.3 Å². The number of fused-ring (bicyclic) bond motifs is 1. The van der Waals surface area contributed by atoms with Gasteiger partial charge in [0, 0.05) is 80.6 Å². The summed E-state index contributed by atoms with van der Waals surface area (Å²) in [5, 5.41) is 16.2. The van der Waals surface area contributed by atoms with Gasteiger partial charge in [-0.3, -0.25) is 14.9 Å². The molecule has 214 valence electrons. The number of likely N-dealkylation sites (tertiary alicyclic amines) is 1. The van der Waals surface area contributed by atoms with Gasteiger partial charge in [-0.15, -0.1) is 0 Å². The van der Waals surface area contributed by atoms with Crippen molar-refractivity contribution >= 4 is 39.8 Å². The van der Waals surface area contributed by atoms with Gasteiger partial charge in [-0.05, 0) is 26.2 Å². The van der Waals surface area contributed by atoms with Crippen LogP contribution in [0, 0.1) is 10.1 Å². The van der Waals surface area contributed by atoms with Crippen molar-refractivity contribution < 1.29 is 14.5 Å². The Bertz CT molecular complexity index is 1620. The zero-order valence-electron chi connectivity index (χ0n) is 23.9. The number of rotatable bonds is 11. The van der Waals surface area contributed by atoms with Gasteiger partial charge in [-0.1, -0.05) is 18.2 Å². The normalized spacial score (nSPS) is 13.0. The Kier molecular flexibility index (Phi) is 7.75. The van der Waals surface area contributed by atoms with E-state index in [9.17, 15) is 14.9 Å². The smallest absolute Gasteiger partial charge is 0.294 e. The molecule has 4 aromatic rings. The number of hydrogen-bond donors (Lipinski definition) is 1. The molecule has 3 heterocycles. The molecule has 1 fully saturated rings. The van der Waals surface area contributed by atoms with E-state index in [-0.39, 0.29) is 17.5 Å². The lowest BCUT2D eigenvalue weighted by molar-refractivity contribution is -0.384. The monoisotopic (exact) mass is 558 g/mol. The zero-order chi connectivity index (χ0) is 29.3. The van der Waals surface area contributed by atoms with E-state index in [2.05, 4.69) is 14.9 Å². The molecule has 12 heteroatoms. The maximum Gasteiger partial charge on any atom is 0.294 e. The summed E-state index contributed by atoms with van der Waals surface area (Å²) >= 11 is 0. The van der Waals surface area contributed by atoms with E-state index in [1.165, 1.54) is 13.2 Å². The fourth-order valence-electron chi connectivity index (χ4n) is 5.05. The van der Waals surface area contributed by atoms with Crippen LogP contribution in [0.1, 0.15) is 12.1 Å². The Morgan fingerprint density at radius 1 is 1.15 bits per heavy atom. The summed E-state index contributed by atoms with van der Waals surface area (Å²) in [6.07, 6.45) is 2.22. The molecular weight excluding hydrogens is 524 g/mol. The topological polar surface area (TPSA) is 122 Å². The summed E-state index contributed by atoms with van der Waals surface area (Å²) in [4.78, 5) is 38.7. The van der Waals surface area contributed by atoms with Crippen LogP contribution in [0.4, 0.5) is 23.0 Å². The molecule has 1 amide bonds. The second kappa shape index (κ2) is 11.4. The minimum atomic E-state index is -0.400. The Labute approximate surface area is 238 Å². The molecule has 1 aliphatic heterocycles. The van der Waals surface area contributed by atoms with Crippen LogP contribution in [0.5, 0.6) is 5.75 Å². The molecule has 1 aliphatic rings. The third-order valence-corrected chi connectivity index (χ3v) is 7.46. The molecule has 1 saturated heterocycles. The Hall–Kier alpha value is -4.71. The Morgan fingerprint density at radius 3 is 2.59 bits per heavy atom. The Morgan fingerprint density at radius 2 is 1.93 bits per heavy atom. The SMILES string of the molecule is COc1cc(N(C)CCN(C)C)c([N+](=O)[O-])cc1Nc1nccc(-c2c(CN3CCC3=O)n(C)c3ccccc23)n1.